The first kappa shape index (κ1) is 26.9. The summed E-state index contributed by atoms with van der Waals surface area (Å²) in [6.07, 6.45) is -0.550. The van der Waals surface area contributed by atoms with Gasteiger partial charge in [0.2, 0.25) is 0 Å². The van der Waals surface area contributed by atoms with Crippen molar-refractivity contribution in [3.8, 4) is 11.3 Å². The summed E-state index contributed by atoms with van der Waals surface area (Å²) in [6, 6.07) is 21.1. The number of aryl methyl sites for hydroxylation is 1. The summed E-state index contributed by atoms with van der Waals surface area (Å²) in [6.45, 7) is 5.60. The van der Waals surface area contributed by atoms with Crippen molar-refractivity contribution in [3.05, 3.63) is 89.9 Å². The minimum atomic E-state index is -0.740. The van der Waals surface area contributed by atoms with E-state index in [2.05, 4.69) is 5.16 Å². The smallest absolute Gasteiger partial charge is 0.419 e. The average Bonchev–Trinajstić information content (AvgIpc) is 3.28. The van der Waals surface area contributed by atoms with Crippen LogP contribution < -0.4 is 4.90 Å². The van der Waals surface area contributed by atoms with Crippen LogP contribution in [-0.2, 0) is 20.7 Å². The van der Waals surface area contributed by atoms with Crippen LogP contribution in [0.3, 0.4) is 0 Å². The monoisotopic (exact) mass is 534 g/mol. The quantitative estimate of drug-likeness (QED) is 0.208. The molecule has 0 unspecified atom stereocenters. The number of esters is 1. The summed E-state index contributed by atoms with van der Waals surface area (Å²) >= 11 is 1.52. The lowest BCUT2D eigenvalue weighted by atomic mass is 10.1. The van der Waals surface area contributed by atoms with E-state index in [9.17, 15) is 14.0 Å². The zero-order valence-electron chi connectivity index (χ0n) is 21.3. The molecule has 9 heteroatoms. The van der Waals surface area contributed by atoms with Crippen molar-refractivity contribution >= 4 is 35.2 Å². The number of carbonyl (C=O) groups excluding carboxylic acids is 2. The molecular weight excluding hydrogens is 507 g/mol. The maximum atomic E-state index is 14.8. The topological polar surface area (TPSA) is 81.9 Å². The van der Waals surface area contributed by atoms with Crippen LogP contribution >= 0.6 is 11.8 Å². The average molecular weight is 535 g/mol. The number of ether oxygens (including phenoxy) is 2. The van der Waals surface area contributed by atoms with Gasteiger partial charge in [-0.3, -0.25) is 4.79 Å². The van der Waals surface area contributed by atoms with Gasteiger partial charge in [-0.15, -0.1) is 0 Å². The van der Waals surface area contributed by atoms with Gasteiger partial charge in [0.05, 0.1) is 25.3 Å². The maximum absolute atomic E-state index is 14.8. The van der Waals surface area contributed by atoms with E-state index in [-0.39, 0.29) is 24.7 Å². The molecule has 1 heterocycles. The molecule has 4 rings (SSSR count). The van der Waals surface area contributed by atoms with Crippen LogP contribution in [0.25, 0.3) is 11.3 Å². The number of hydrogen-bond acceptors (Lipinski definition) is 7. The molecule has 0 N–H and O–H groups in total. The van der Waals surface area contributed by atoms with Crippen molar-refractivity contribution < 1.29 is 28.0 Å². The minimum absolute atomic E-state index is 0.0314. The number of para-hydroxylation sites is 1. The first-order valence-corrected chi connectivity index (χ1v) is 12.9. The van der Waals surface area contributed by atoms with Gasteiger partial charge in [-0.25, -0.2) is 14.1 Å². The van der Waals surface area contributed by atoms with Gasteiger partial charge in [-0.2, -0.15) is 0 Å². The van der Waals surface area contributed by atoms with Crippen molar-refractivity contribution in [2.24, 2.45) is 0 Å². The zero-order chi connectivity index (χ0) is 27.1. The standard InChI is InChI=1S/C29H27FN2O5S/c1-4-35-26(33)18-21-10-6-9-13-25(21)38-22-16-14-20(15-17-22)28-27(19(3)31-37-28)32(29(34)36-5-2)24-12-8-7-11-23(24)30/h6-17H,4-5,18H2,1-3H3. The second kappa shape index (κ2) is 12.4. The number of anilines is 2. The lowest BCUT2D eigenvalue weighted by molar-refractivity contribution is -0.142. The number of carbonyl (C=O) groups is 2. The Morgan fingerprint density at radius 2 is 1.63 bits per heavy atom. The minimum Gasteiger partial charge on any atom is -0.466 e. The van der Waals surface area contributed by atoms with Gasteiger partial charge >= 0.3 is 12.1 Å². The second-order valence-electron chi connectivity index (χ2n) is 8.15. The third-order valence-electron chi connectivity index (χ3n) is 5.56. The first-order valence-electron chi connectivity index (χ1n) is 12.1. The molecule has 0 saturated heterocycles. The molecule has 38 heavy (non-hydrogen) atoms. The summed E-state index contributed by atoms with van der Waals surface area (Å²) in [5.41, 5.74) is 2.26. The number of hydrogen-bond donors (Lipinski definition) is 0. The molecule has 0 aliphatic heterocycles. The van der Waals surface area contributed by atoms with E-state index < -0.39 is 11.9 Å². The van der Waals surface area contributed by atoms with E-state index in [1.165, 1.54) is 23.9 Å². The van der Waals surface area contributed by atoms with E-state index in [1.807, 2.05) is 48.5 Å². The third kappa shape index (κ3) is 6.06. The number of halogens is 1. The van der Waals surface area contributed by atoms with Gasteiger partial charge in [0.1, 0.15) is 17.2 Å². The van der Waals surface area contributed by atoms with Crippen LogP contribution in [0, 0.1) is 12.7 Å². The van der Waals surface area contributed by atoms with E-state index in [4.69, 9.17) is 14.0 Å². The third-order valence-corrected chi connectivity index (χ3v) is 6.68. The van der Waals surface area contributed by atoms with Gasteiger partial charge < -0.3 is 14.0 Å². The molecule has 0 aliphatic carbocycles. The fourth-order valence-corrected chi connectivity index (χ4v) is 4.81. The molecule has 0 aliphatic rings. The second-order valence-corrected chi connectivity index (χ2v) is 9.26. The van der Waals surface area contributed by atoms with Crippen molar-refractivity contribution in [1.29, 1.82) is 0 Å². The molecule has 1 amide bonds. The molecule has 0 spiro atoms. The Labute approximate surface area is 224 Å². The highest BCUT2D eigenvalue weighted by molar-refractivity contribution is 7.99. The number of amides is 1. The molecule has 7 nitrogen and oxygen atoms in total. The SMILES string of the molecule is CCOC(=O)Cc1ccccc1Sc1ccc(-c2onc(C)c2N(C(=O)OCC)c2ccccc2F)cc1. The Kier molecular flexibility index (Phi) is 8.81. The Morgan fingerprint density at radius 3 is 2.34 bits per heavy atom. The molecule has 0 saturated carbocycles. The van der Waals surface area contributed by atoms with Crippen LogP contribution in [0.4, 0.5) is 20.6 Å². The van der Waals surface area contributed by atoms with E-state index in [0.717, 1.165) is 20.3 Å². The molecule has 3 aromatic carbocycles. The molecule has 0 fully saturated rings. The Bertz CT molecular complexity index is 1420. The number of benzene rings is 3. The molecular formula is C29H27FN2O5S. The molecule has 0 atom stereocenters. The van der Waals surface area contributed by atoms with Gasteiger partial charge in [-0.05, 0) is 68.8 Å². The Morgan fingerprint density at radius 1 is 0.947 bits per heavy atom. The van der Waals surface area contributed by atoms with Crippen molar-refractivity contribution in [2.75, 3.05) is 18.1 Å². The van der Waals surface area contributed by atoms with Crippen LogP contribution in [0.2, 0.25) is 0 Å². The van der Waals surface area contributed by atoms with Crippen molar-refractivity contribution in [2.45, 2.75) is 37.0 Å². The van der Waals surface area contributed by atoms with Gasteiger partial charge in [0, 0.05) is 15.4 Å². The number of rotatable bonds is 9. The summed E-state index contributed by atoms with van der Waals surface area (Å²) in [5.74, 6) is -0.552. The molecule has 196 valence electrons. The highest BCUT2D eigenvalue weighted by atomic mass is 32.2. The molecule has 0 bridgehead atoms. The lowest BCUT2D eigenvalue weighted by Gasteiger charge is -2.22. The normalized spacial score (nSPS) is 10.7. The molecule has 0 radical (unpaired) electrons. The van der Waals surface area contributed by atoms with Gasteiger partial charge in [0.15, 0.2) is 5.76 Å². The highest BCUT2D eigenvalue weighted by Gasteiger charge is 2.30. The highest BCUT2D eigenvalue weighted by Crippen LogP contribution is 2.40. The molecule has 4 aromatic rings. The predicted octanol–water partition coefficient (Wildman–Crippen LogP) is 7.34. The fourth-order valence-electron chi connectivity index (χ4n) is 3.87. The summed E-state index contributed by atoms with van der Waals surface area (Å²) in [4.78, 5) is 28.0. The van der Waals surface area contributed by atoms with Crippen LogP contribution in [0.1, 0.15) is 25.1 Å². The van der Waals surface area contributed by atoms with Crippen molar-refractivity contribution in [3.63, 3.8) is 0 Å². The van der Waals surface area contributed by atoms with Crippen LogP contribution in [0.15, 0.2) is 87.1 Å². The Balaban J connectivity index is 1.65. The largest absolute Gasteiger partial charge is 0.466 e. The van der Waals surface area contributed by atoms with Crippen LogP contribution in [0.5, 0.6) is 0 Å². The first-order chi connectivity index (χ1) is 18.4. The van der Waals surface area contributed by atoms with Gasteiger partial charge in [0.25, 0.3) is 0 Å². The van der Waals surface area contributed by atoms with E-state index in [0.29, 0.717) is 29.3 Å². The molecule has 1 aromatic heterocycles. The fraction of sp³-hybridized carbons (Fsp3) is 0.207. The van der Waals surface area contributed by atoms with Crippen molar-refractivity contribution in [1.82, 2.24) is 5.16 Å². The lowest BCUT2D eigenvalue weighted by Crippen LogP contribution is -2.28. The van der Waals surface area contributed by atoms with Crippen LogP contribution in [-0.4, -0.2) is 30.4 Å². The Hall–Kier alpha value is -4.11. The van der Waals surface area contributed by atoms with E-state index >= 15 is 0 Å². The van der Waals surface area contributed by atoms with E-state index in [1.54, 1.807) is 32.9 Å². The maximum Gasteiger partial charge on any atom is 0.419 e. The zero-order valence-corrected chi connectivity index (χ0v) is 22.1. The number of aromatic nitrogens is 1. The summed E-state index contributed by atoms with van der Waals surface area (Å²) in [7, 11) is 0. The summed E-state index contributed by atoms with van der Waals surface area (Å²) in [5, 5.41) is 4.06. The predicted molar refractivity (Wildman–Crippen MR) is 143 cm³/mol. The number of nitrogens with zero attached hydrogens (tertiary/aromatic N) is 2. The van der Waals surface area contributed by atoms with Gasteiger partial charge in [-0.1, -0.05) is 47.3 Å². The summed E-state index contributed by atoms with van der Waals surface area (Å²) < 4.78 is 30.7.